The first-order chi connectivity index (χ1) is 10.6. The van der Waals surface area contributed by atoms with E-state index in [9.17, 15) is 9.59 Å². The molecule has 1 aliphatic rings. The number of nitrogens with one attached hydrogen (secondary N) is 3. The van der Waals surface area contributed by atoms with Crippen LogP contribution in [-0.2, 0) is 4.79 Å². The van der Waals surface area contributed by atoms with E-state index in [-0.39, 0.29) is 24.1 Å². The standard InChI is InChI=1S/C16H23N3O3/c1-12(20)17-10-11-18-16(21)19-14-8-5-9-15(14)22-13-6-3-2-4-7-13/h2-4,6-7,14-15H,5,8-11H2,1H3,(H,17,20)(H2,18,19,21). The van der Waals surface area contributed by atoms with Gasteiger partial charge in [-0.3, -0.25) is 4.79 Å². The predicted molar refractivity (Wildman–Crippen MR) is 83.7 cm³/mol. The van der Waals surface area contributed by atoms with Crippen molar-refractivity contribution >= 4 is 11.9 Å². The normalized spacial score (nSPS) is 20.2. The van der Waals surface area contributed by atoms with Crippen LogP contribution < -0.4 is 20.7 Å². The van der Waals surface area contributed by atoms with Gasteiger partial charge in [-0.1, -0.05) is 18.2 Å². The third-order valence-corrected chi connectivity index (χ3v) is 3.58. The Morgan fingerprint density at radius 3 is 2.59 bits per heavy atom. The minimum Gasteiger partial charge on any atom is -0.488 e. The monoisotopic (exact) mass is 305 g/mol. The Morgan fingerprint density at radius 2 is 1.86 bits per heavy atom. The first-order valence-corrected chi connectivity index (χ1v) is 7.65. The first-order valence-electron chi connectivity index (χ1n) is 7.65. The van der Waals surface area contributed by atoms with E-state index in [1.807, 2.05) is 30.3 Å². The lowest BCUT2D eigenvalue weighted by Crippen LogP contribution is -2.48. The molecule has 6 nitrogen and oxygen atoms in total. The summed E-state index contributed by atoms with van der Waals surface area (Å²) < 4.78 is 5.95. The number of ether oxygens (including phenoxy) is 1. The van der Waals surface area contributed by atoms with Gasteiger partial charge < -0.3 is 20.7 Å². The molecule has 0 aliphatic heterocycles. The molecule has 22 heavy (non-hydrogen) atoms. The molecule has 1 fully saturated rings. The molecule has 1 saturated carbocycles. The molecule has 3 amide bonds. The van der Waals surface area contributed by atoms with Crippen LogP contribution in [0, 0.1) is 0 Å². The van der Waals surface area contributed by atoms with Crippen molar-refractivity contribution in [1.29, 1.82) is 0 Å². The molecule has 120 valence electrons. The number of urea groups is 1. The molecule has 2 rings (SSSR count). The number of carbonyl (C=O) groups excluding carboxylic acids is 2. The maximum absolute atomic E-state index is 11.9. The van der Waals surface area contributed by atoms with Gasteiger partial charge in [-0.25, -0.2) is 4.79 Å². The molecule has 0 spiro atoms. The first kappa shape index (κ1) is 16.1. The SMILES string of the molecule is CC(=O)NCCNC(=O)NC1CCCC1Oc1ccccc1. The van der Waals surface area contributed by atoms with E-state index >= 15 is 0 Å². The van der Waals surface area contributed by atoms with Crippen LogP contribution in [0.25, 0.3) is 0 Å². The van der Waals surface area contributed by atoms with Gasteiger partial charge in [-0.05, 0) is 31.4 Å². The van der Waals surface area contributed by atoms with E-state index in [2.05, 4.69) is 16.0 Å². The largest absolute Gasteiger partial charge is 0.488 e. The van der Waals surface area contributed by atoms with Crippen molar-refractivity contribution < 1.29 is 14.3 Å². The predicted octanol–water partition coefficient (Wildman–Crippen LogP) is 1.42. The molecule has 3 N–H and O–H groups in total. The maximum atomic E-state index is 11.9. The second-order valence-corrected chi connectivity index (χ2v) is 5.39. The van der Waals surface area contributed by atoms with Crippen molar-refractivity contribution in [3.63, 3.8) is 0 Å². The molecule has 0 heterocycles. The summed E-state index contributed by atoms with van der Waals surface area (Å²) in [7, 11) is 0. The molecule has 2 unspecified atom stereocenters. The van der Waals surface area contributed by atoms with Crippen molar-refractivity contribution in [1.82, 2.24) is 16.0 Å². The number of benzene rings is 1. The van der Waals surface area contributed by atoms with E-state index in [1.54, 1.807) is 0 Å². The van der Waals surface area contributed by atoms with Gasteiger partial charge in [0.1, 0.15) is 11.9 Å². The average Bonchev–Trinajstić information content (AvgIpc) is 2.91. The lowest BCUT2D eigenvalue weighted by Gasteiger charge is -2.22. The zero-order valence-corrected chi connectivity index (χ0v) is 12.8. The molecule has 0 aromatic heterocycles. The molecule has 2 atom stereocenters. The van der Waals surface area contributed by atoms with E-state index in [1.165, 1.54) is 6.92 Å². The molecule has 6 heteroatoms. The Bertz CT molecular complexity index is 493. The minimum absolute atomic E-state index is 0.00324. The molecule has 0 saturated heterocycles. The van der Waals surface area contributed by atoms with Crippen molar-refractivity contribution in [3.8, 4) is 5.75 Å². The summed E-state index contributed by atoms with van der Waals surface area (Å²) in [6, 6.07) is 9.44. The highest BCUT2D eigenvalue weighted by atomic mass is 16.5. The highest BCUT2D eigenvalue weighted by Gasteiger charge is 2.30. The van der Waals surface area contributed by atoms with Crippen LogP contribution in [0.2, 0.25) is 0 Å². The lowest BCUT2D eigenvalue weighted by atomic mass is 10.2. The van der Waals surface area contributed by atoms with Gasteiger partial charge in [0.15, 0.2) is 0 Å². The summed E-state index contributed by atoms with van der Waals surface area (Å²) in [5.41, 5.74) is 0. The smallest absolute Gasteiger partial charge is 0.315 e. The van der Waals surface area contributed by atoms with Gasteiger partial charge >= 0.3 is 6.03 Å². The van der Waals surface area contributed by atoms with E-state index in [0.717, 1.165) is 25.0 Å². The average molecular weight is 305 g/mol. The zero-order valence-electron chi connectivity index (χ0n) is 12.8. The molecular weight excluding hydrogens is 282 g/mol. The van der Waals surface area contributed by atoms with Crippen molar-refractivity contribution in [2.75, 3.05) is 13.1 Å². The van der Waals surface area contributed by atoms with E-state index in [4.69, 9.17) is 4.74 Å². The Kier molecular flexibility index (Phi) is 6.06. The van der Waals surface area contributed by atoms with Gasteiger partial charge in [0.25, 0.3) is 0 Å². The van der Waals surface area contributed by atoms with Crippen LogP contribution in [-0.4, -0.2) is 37.2 Å². The maximum Gasteiger partial charge on any atom is 0.315 e. The summed E-state index contributed by atoms with van der Waals surface area (Å²) in [6.45, 7) is 2.28. The topological polar surface area (TPSA) is 79.5 Å². The van der Waals surface area contributed by atoms with Gasteiger partial charge in [0.05, 0.1) is 6.04 Å². The van der Waals surface area contributed by atoms with Gasteiger partial charge in [0.2, 0.25) is 5.91 Å². The quantitative estimate of drug-likeness (QED) is 0.696. The number of carbonyl (C=O) groups is 2. The molecule has 1 aliphatic carbocycles. The summed E-state index contributed by atoms with van der Waals surface area (Å²) in [6.07, 6.45) is 2.89. The van der Waals surface area contributed by atoms with E-state index < -0.39 is 0 Å². The highest BCUT2D eigenvalue weighted by Crippen LogP contribution is 2.24. The van der Waals surface area contributed by atoms with Crippen LogP contribution >= 0.6 is 0 Å². The van der Waals surface area contributed by atoms with Crippen LogP contribution in [0.3, 0.4) is 0 Å². The number of hydrogen-bond donors (Lipinski definition) is 3. The number of amides is 3. The number of para-hydroxylation sites is 1. The summed E-state index contributed by atoms with van der Waals surface area (Å²) in [5.74, 6) is 0.724. The summed E-state index contributed by atoms with van der Waals surface area (Å²) in [4.78, 5) is 22.6. The van der Waals surface area contributed by atoms with Crippen LogP contribution in [0.4, 0.5) is 4.79 Å². The molecule has 1 aromatic carbocycles. The molecule has 1 aromatic rings. The van der Waals surface area contributed by atoms with Crippen LogP contribution in [0.5, 0.6) is 5.75 Å². The van der Waals surface area contributed by atoms with Crippen LogP contribution in [0.1, 0.15) is 26.2 Å². The van der Waals surface area contributed by atoms with Crippen molar-refractivity contribution in [2.45, 2.75) is 38.3 Å². The van der Waals surface area contributed by atoms with E-state index in [0.29, 0.717) is 13.1 Å². The highest BCUT2D eigenvalue weighted by molar-refractivity contribution is 5.75. The van der Waals surface area contributed by atoms with Crippen molar-refractivity contribution in [2.24, 2.45) is 0 Å². The fraction of sp³-hybridized carbons (Fsp3) is 0.500. The molecule has 0 bridgehead atoms. The lowest BCUT2D eigenvalue weighted by molar-refractivity contribution is -0.118. The Hall–Kier alpha value is -2.24. The zero-order chi connectivity index (χ0) is 15.8. The summed E-state index contributed by atoms with van der Waals surface area (Å²) in [5, 5.41) is 8.31. The second-order valence-electron chi connectivity index (χ2n) is 5.39. The number of hydrogen-bond acceptors (Lipinski definition) is 3. The van der Waals surface area contributed by atoms with Crippen LogP contribution in [0.15, 0.2) is 30.3 Å². The third kappa shape index (κ3) is 5.27. The minimum atomic E-state index is -0.223. The fourth-order valence-corrected chi connectivity index (χ4v) is 2.54. The molecule has 0 radical (unpaired) electrons. The fourth-order valence-electron chi connectivity index (χ4n) is 2.54. The van der Waals surface area contributed by atoms with Gasteiger partial charge in [-0.15, -0.1) is 0 Å². The van der Waals surface area contributed by atoms with Gasteiger partial charge in [-0.2, -0.15) is 0 Å². The third-order valence-electron chi connectivity index (χ3n) is 3.58. The summed E-state index contributed by atoms with van der Waals surface area (Å²) >= 11 is 0. The second kappa shape index (κ2) is 8.26. The molecular formula is C16H23N3O3. The Balaban J connectivity index is 1.73. The number of rotatable bonds is 6. The Labute approximate surface area is 130 Å². The van der Waals surface area contributed by atoms with Crippen molar-refractivity contribution in [3.05, 3.63) is 30.3 Å². The van der Waals surface area contributed by atoms with Gasteiger partial charge in [0, 0.05) is 20.0 Å². The Morgan fingerprint density at radius 1 is 1.14 bits per heavy atom.